The van der Waals surface area contributed by atoms with E-state index in [0.29, 0.717) is 43.1 Å². The number of nitrogens with zero attached hydrogens (tertiary/aromatic N) is 3. The molecule has 0 aliphatic carbocycles. The first-order valence-corrected chi connectivity index (χ1v) is 13.3. The van der Waals surface area contributed by atoms with Crippen LogP contribution < -0.4 is 14.8 Å². The molecule has 1 amide bonds. The van der Waals surface area contributed by atoms with Crippen LogP contribution in [0.3, 0.4) is 0 Å². The predicted molar refractivity (Wildman–Crippen MR) is 138 cm³/mol. The Morgan fingerprint density at radius 2 is 2.00 bits per heavy atom. The molecule has 1 aromatic carbocycles. The van der Waals surface area contributed by atoms with Gasteiger partial charge >= 0.3 is 0 Å². The number of amides is 1. The first-order valence-electron chi connectivity index (χ1n) is 12.2. The molecular formula is C26H36N4O5S. The molecule has 1 aromatic heterocycles. The highest BCUT2D eigenvalue weighted by molar-refractivity contribution is 7.84. The highest BCUT2D eigenvalue weighted by atomic mass is 32.2. The van der Waals surface area contributed by atoms with E-state index in [1.807, 2.05) is 63.4 Å². The van der Waals surface area contributed by atoms with Gasteiger partial charge in [0.2, 0.25) is 6.79 Å². The molecule has 0 unspecified atom stereocenters. The monoisotopic (exact) mass is 516 g/mol. The Kier molecular flexibility index (Phi) is 7.99. The summed E-state index contributed by atoms with van der Waals surface area (Å²) in [7, 11) is 2.71. The molecule has 0 fully saturated rings. The molecule has 0 saturated carbocycles. The number of hydrogen-bond acceptors (Lipinski definition) is 7. The minimum absolute atomic E-state index is 0.0210. The molecule has 36 heavy (non-hydrogen) atoms. The molecule has 3 heterocycles. The summed E-state index contributed by atoms with van der Waals surface area (Å²) in [5.41, 5.74) is 4.01. The van der Waals surface area contributed by atoms with E-state index in [4.69, 9.17) is 14.5 Å². The van der Waals surface area contributed by atoms with Gasteiger partial charge in [-0.1, -0.05) is 6.07 Å². The summed E-state index contributed by atoms with van der Waals surface area (Å²) in [6, 6.07) is 7.20. The van der Waals surface area contributed by atoms with Crippen molar-refractivity contribution in [2.45, 2.75) is 57.5 Å². The molecule has 4 rings (SSSR count). The van der Waals surface area contributed by atoms with Crippen LogP contribution in [-0.4, -0.2) is 68.2 Å². The molecule has 2 aliphatic heterocycles. The molecule has 0 radical (unpaired) electrons. The lowest BCUT2D eigenvalue weighted by Crippen LogP contribution is -2.37. The van der Waals surface area contributed by atoms with Gasteiger partial charge in [0.25, 0.3) is 5.91 Å². The van der Waals surface area contributed by atoms with Crippen molar-refractivity contribution in [1.29, 1.82) is 0 Å². The van der Waals surface area contributed by atoms with Gasteiger partial charge in [-0.25, -0.2) is 13.5 Å². The van der Waals surface area contributed by atoms with Crippen molar-refractivity contribution in [3.05, 3.63) is 52.3 Å². The number of benzene rings is 1. The second-order valence-electron chi connectivity index (χ2n) is 10.4. The number of aromatic nitrogens is 1. The van der Waals surface area contributed by atoms with E-state index >= 15 is 0 Å². The molecule has 9 nitrogen and oxygen atoms in total. The molecule has 2 aromatic rings. The minimum Gasteiger partial charge on any atom is -0.454 e. The van der Waals surface area contributed by atoms with E-state index in [1.54, 1.807) is 0 Å². The maximum Gasteiger partial charge on any atom is 0.270 e. The number of carbonyl (C=O) groups is 1. The summed E-state index contributed by atoms with van der Waals surface area (Å²) in [5, 5.41) is 12.8. The number of carbonyl (C=O) groups excluding carboxylic acids is 1. The first kappa shape index (κ1) is 26.5. The number of aliphatic hydroxyl groups excluding tert-OH is 1. The van der Waals surface area contributed by atoms with Crippen LogP contribution in [0.15, 0.2) is 24.3 Å². The number of ether oxygens (including phenoxy) is 2. The lowest BCUT2D eigenvalue weighted by Gasteiger charge is -2.30. The van der Waals surface area contributed by atoms with Crippen LogP contribution in [0.5, 0.6) is 11.5 Å². The quantitative estimate of drug-likeness (QED) is 0.528. The summed E-state index contributed by atoms with van der Waals surface area (Å²) in [6.45, 7) is 7.56. The maximum atomic E-state index is 13.4. The van der Waals surface area contributed by atoms with Crippen LogP contribution in [-0.2, 0) is 30.5 Å². The lowest BCUT2D eigenvalue weighted by molar-refractivity contribution is 0.0945. The average Bonchev–Trinajstić information content (AvgIpc) is 3.44. The highest BCUT2D eigenvalue weighted by Gasteiger charge is 2.40. The fourth-order valence-corrected chi connectivity index (χ4v) is 5.92. The zero-order valence-electron chi connectivity index (χ0n) is 21.7. The fourth-order valence-electron chi connectivity index (χ4n) is 4.52. The predicted octanol–water partition coefficient (Wildman–Crippen LogP) is 2.55. The van der Waals surface area contributed by atoms with Gasteiger partial charge in [0.1, 0.15) is 16.7 Å². The van der Waals surface area contributed by atoms with E-state index < -0.39 is 15.7 Å². The van der Waals surface area contributed by atoms with Crippen LogP contribution in [0.2, 0.25) is 0 Å². The van der Waals surface area contributed by atoms with Crippen LogP contribution in [0, 0.1) is 0 Å². The summed E-state index contributed by atoms with van der Waals surface area (Å²) in [6.07, 6.45) is 1.11. The Morgan fingerprint density at radius 3 is 2.69 bits per heavy atom. The van der Waals surface area contributed by atoms with Gasteiger partial charge in [-0.3, -0.25) is 4.79 Å². The average molecular weight is 517 g/mol. The van der Waals surface area contributed by atoms with Gasteiger partial charge < -0.3 is 24.8 Å². The molecular weight excluding hydrogens is 480 g/mol. The summed E-state index contributed by atoms with van der Waals surface area (Å²) in [5.74, 6) is 1.10. The Labute approximate surface area is 215 Å². The Morgan fingerprint density at radius 1 is 1.25 bits per heavy atom. The van der Waals surface area contributed by atoms with E-state index in [-0.39, 0.29) is 25.3 Å². The van der Waals surface area contributed by atoms with Gasteiger partial charge in [-0.05, 0) is 76.2 Å². The van der Waals surface area contributed by atoms with Crippen LogP contribution in [0.25, 0.3) is 0 Å². The van der Waals surface area contributed by atoms with Crippen molar-refractivity contribution < 1.29 is 23.6 Å². The number of aliphatic hydroxyl groups is 1. The van der Waals surface area contributed by atoms with Crippen LogP contribution in [0.1, 0.15) is 66.1 Å². The third-order valence-corrected chi connectivity index (χ3v) is 8.15. The van der Waals surface area contributed by atoms with Crippen molar-refractivity contribution in [3.8, 4) is 11.5 Å². The Balaban J connectivity index is 1.61. The van der Waals surface area contributed by atoms with Gasteiger partial charge in [0, 0.05) is 38.4 Å². The first-order chi connectivity index (χ1) is 17.1. The zero-order valence-corrected chi connectivity index (χ0v) is 22.5. The lowest BCUT2D eigenvalue weighted by atomic mass is 9.98. The molecule has 0 saturated heterocycles. The zero-order chi connectivity index (χ0) is 26.0. The Bertz CT molecular complexity index is 1150. The number of fused-ring (bicyclic) bond motifs is 2. The van der Waals surface area contributed by atoms with Gasteiger partial charge in [0.05, 0.1) is 10.8 Å². The SMILES string of the molecule is CN(C)CCc1nc(C(=O)NCc2ccc3c(c2)OCO3)cc2c1[C@@H](CCO)N([S@](=O)C(C)(C)C)C2. The smallest absolute Gasteiger partial charge is 0.270 e. The third kappa shape index (κ3) is 5.72. The number of rotatable bonds is 9. The maximum absolute atomic E-state index is 13.4. The topological polar surface area (TPSA) is 104 Å². The van der Waals surface area contributed by atoms with Crippen molar-refractivity contribution in [3.63, 3.8) is 0 Å². The molecule has 10 heteroatoms. The molecule has 196 valence electrons. The second-order valence-corrected chi connectivity index (χ2v) is 12.6. The molecule has 2 aliphatic rings. The van der Waals surface area contributed by atoms with E-state index in [2.05, 4.69) is 10.2 Å². The van der Waals surface area contributed by atoms with E-state index in [0.717, 1.165) is 28.9 Å². The van der Waals surface area contributed by atoms with Gasteiger partial charge in [-0.15, -0.1) is 0 Å². The minimum atomic E-state index is -1.28. The van der Waals surface area contributed by atoms with Gasteiger partial charge in [0.15, 0.2) is 11.5 Å². The molecule has 2 N–H and O–H groups in total. The van der Waals surface area contributed by atoms with Crippen molar-refractivity contribution >= 4 is 16.9 Å². The van der Waals surface area contributed by atoms with Crippen molar-refractivity contribution in [2.24, 2.45) is 0 Å². The van der Waals surface area contributed by atoms with Crippen LogP contribution in [0.4, 0.5) is 0 Å². The largest absolute Gasteiger partial charge is 0.454 e. The molecule has 0 bridgehead atoms. The third-order valence-electron chi connectivity index (χ3n) is 6.29. The van der Waals surface area contributed by atoms with Crippen LogP contribution >= 0.6 is 0 Å². The van der Waals surface area contributed by atoms with Crippen molar-refractivity contribution in [2.75, 3.05) is 34.0 Å². The molecule has 2 atom stereocenters. The summed E-state index contributed by atoms with van der Waals surface area (Å²) < 4.78 is 25.7. The normalized spacial score (nSPS) is 17.9. The standard InChI is InChI=1S/C26H36N4O5S/c1-26(2,3)36(33)30-15-18-13-20(28-19(8-10-29(4)5)24(18)21(30)9-11-31)25(32)27-14-17-6-7-22-23(12-17)35-16-34-22/h6-7,12-13,21,31H,8-11,14-16H2,1-5H3,(H,27,32)/t21-,36-/m1/s1. The van der Waals surface area contributed by atoms with E-state index in [1.165, 1.54) is 0 Å². The number of hydrogen-bond donors (Lipinski definition) is 2. The van der Waals surface area contributed by atoms with E-state index in [9.17, 15) is 14.1 Å². The fraction of sp³-hybridized carbons (Fsp3) is 0.538. The second kappa shape index (κ2) is 10.8. The number of pyridine rings is 1. The Hall–Kier alpha value is -2.53. The van der Waals surface area contributed by atoms with Crippen molar-refractivity contribution in [1.82, 2.24) is 19.5 Å². The summed E-state index contributed by atoms with van der Waals surface area (Å²) in [4.78, 5) is 20.0. The number of likely N-dealkylation sites (N-methyl/N-ethyl adjacent to an activating group) is 1. The van der Waals surface area contributed by atoms with Gasteiger partial charge in [-0.2, -0.15) is 0 Å². The number of nitrogens with one attached hydrogen (secondary N) is 1. The molecule has 0 spiro atoms. The highest BCUT2D eigenvalue weighted by Crippen LogP contribution is 2.41. The summed E-state index contributed by atoms with van der Waals surface area (Å²) >= 11 is 0.